The molecule has 6 rings (SSSR count). The molecule has 0 bridgehead atoms. The van der Waals surface area contributed by atoms with Gasteiger partial charge in [-0.3, -0.25) is 18.4 Å². The predicted molar refractivity (Wildman–Crippen MR) is 194 cm³/mol. The third kappa shape index (κ3) is 8.40. The number of imidazole rings is 2. The number of hydrogen-bond acceptors (Lipinski definition) is 10. The molecule has 0 radical (unpaired) electrons. The Hall–Kier alpha value is -4.05. The van der Waals surface area contributed by atoms with Crippen molar-refractivity contribution >= 4 is 66.7 Å². The summed E-state index contributed by atoms with van der Waals surface area (Å²) in [5.74, 6) is 0.613. The van der Waals surface area contributed by atoms with E-state index in [0.29, 0.717) is 55.7 Å². The van der Waals surface area contributed by atoms with Crippen LogP contribution in [0.2, 0.25) is 0 Å². The van der Waals surface area contributed by atoms with Crippen molar-refractivity contribution in [2.24, 2.45) is 0 Å². The number of nitrogens with one attached hydrogen (secondary N) is 2. The van der Waals surface area contributed by atoms with E-state index in [2.05, 4.69) is 29.9 Å². The van der Waals surface area contributed by atoms with Gasteiger partial charge in [-0.25, -0.2) is 9.97 Å². The Balaban J connectivity index is 0.000000414. The average Bonchev–Trinajstić information content (AvgIpc) is 3.73. The van der Waals surface area contributed by atoms with Crippen LogP contribution < -0.4 is 18.9 Å². The van der Waals surface area contributed by atoms with E-state index >= 15 is 0 Å². The molecule has 0 saturated carbocycles. The van der Waals surface area contributed by atoms with Crippen LogP contribution in [0, 0.1) is 27.7 Å². The molecule has 49 heavy (non-hydrogen) atoms. The Labute approximate surface area is 325 Å². The molecular formula is C34H40MgN6O6S2. The summed E-state index contributed by atoms with van der Waals surface area (Å²) in [5.41, 5.74) is 4.88. The number of aromatic nitrogens is 6. The molecule has 0 aliphatic heterocycles. The summed E-state index contributed by atoms with van der Waals surface area (Å²) in [6.07, 6.45) is 2.94. The van der Waals surface area contributed by atoms with Gasteiger partial charge >= 0.3 is 23.1 Å². The number of fused-ring (bicyclic) bond motifs is 2. The second-order valence-electron chi connectivity index (χ2n) is 10.5. The van der Waals surface area contributed by atoms with E-state index < -0.39 is 49.8 Å². The fraction of sp³-hybridized carbons (Fsp3) is 0.294. The molecule has 4 heterocycles. The van der Waals surface area contributed by atoms with E-state index in [9.17, 15) is 8.42 Å². The van der Waals surface area contributed by atoms with Crippen molar-refractivity contribution in [1.82, 2.24) is 29.9 Å². The molecule has 2 unspecified atom stereocenters. The number of hydrogen-bond donors (Lipinski definition) is 2. The Morgan fingerprint density at radius 1 is 0.673 bits per heavy atom. The molecule has 0 aliphatic rings. The van der Waals surface area contributed by atoms with Gasteiger partial charge in [-0.15, -0.1) is 0 Å². The van der Waals surface area contributed by atoms with E-state index in [4.69, 9.17) is 35.4 Å². The average molecular weight is 729 g/mol. The van der Waals surface area contributed by atoms with Crippen LogP contribution in [0.5, 0.6) is 23.0 Å². The van der Waals surface area contributed by atoms with Crippen LogP contribution in [0.25, 0.3) is 22.1 Å². The van der Waals surface area contributed by atoms with Crippen molar-refractivity contribution in [1.29, 1.82) is 0 Å². The zero-order valence-electron chi connectivity index (χ0n) is 40.8. The normalized spacial score (nSPS) is 16.7. The molecule has 6 aromatic rings. The third-order valence-corrected chi connectivity index (χ3v) is 9.68. The monoisotopic (exact) mass is 728 g/mol. The Morgan fingerprint density at radius 3 is 1.47 bits per heavy atom. The standard InChI is InChI=1S/2C17H19N3O3S.Mg.2H/c2*1-10-8-18-15(11(2)16(10)23-4)9-24(21)17-19-13-6-5-12(22-3)7-14(13)20-17;;;/h2*5-8H,9H2,1-4H3,(H,19,20);;;/q;;+2;2*-1/i2*3D3,4D3;;;. The summed E-state index contributed by atoms with van der Waals surface area (Å²) >= 11 is 0. The summed E-state index contributed by atoms with van der Waals surface area (Å²) < 4.78 is 132. The molecule has 0 aliphatic carbocycles. The number of rotatable bonds is 10. The van der Waals surface area contributed by atoms with Crippen LogP contribution in [0.4, 0.5) is 0 Å². The molecule has 12 nitrogen and oxygen atoms in total. The van der Waals surface area contributed by atoms with Gasteiger partial charge in [0.1, 0.15) is 23.0 Å². The molecule has 0 fully saturated rings. The molecule has 2 aromatic carbocycles. The molecule has 256 valence electrons. The van der Waals surface area contributed by atoms with E-state index in [0.717, 1.165) is 0 Å². The van der Waals surface area contributed by atoms with Gasteiger partial charge in [0.25, 0.3) is 0 Å². The van der Waals surface area contributed by atoms with Crippen molar-refractivity contribution in [3.8, 4) is 23.0 Å². The largest absolute Gasteiger partial charge is 2.00 e. The number of ether oxygens (including phenoxy) is 4. The molecule has 0 spiro atoms. The van der Waals surface area contributed by atoms with Gasteiger partial charge in [0.05, 0.1) is 111 Å². The van der Waals surface area contributed by atoms with Crippen molar-refractivity contribution < 1.29 is 46.7 Å². The fourth-order valence-electron chi connectivity index (χ4n) is 4.78. The summed E-state index contributed by atoms with van der Waals surface area (Å²) in [6.45, 7) is 6.68. The van der Waals surface area contributed by atoms with Gasteiger partial charge in [-0.2, -0.15) is 0 Å². The zero-order chi connectivity index (χ0) is 44.5. The first-order valence-corrected chi connectivity index (χ1v) is 16.7. The van der Waals surface area contributed by atoms with Crippen molar-refractivity contribution in [2.45, 2.75) is 49.5 Å². The molecule has 2 N–H and O–H groups in total. The van der Waals surface area contributed by atoms with E-state index in [1.807, 2.05) is 0 Å². The van der Waals surface area contributed by atoms with Gasteiger partial charge < -0.3 is 31.8 Å². The number of methoxy groups -OCH3 is 4. The van der Waals surface area contributed by atoms with Gasteiger partial charge in [0.15, 0.2) is 10.3 Å². The van der Waals surface area contributed by atoms with Crippen molar-refractivity contribution in [3.63, 3.8) is 0 Å². The minimum Gasteiger partial charge on any atom is -1.00 e. The maximum atomic E-state index is 12.8. The van der Waals surface area contributed by atoms with Gasteiger partial charge in [0.2, 0.25) is 0 Å². The smallest absolute Gasteiger partial charge is 1.00 e. The Bertz CT molecular complexity index is 2410. The maximum absolute atomic E-state index is 12.8. The van der Waals surface area contributed by atoms with Crippen LogP contribution in [0.3, 0.4) is 0 Å². The first-order chi connectivity index (χ1) is 27.6. The zero-order valence-corrected chi connectivity index (χ0v) is 29.8. The number of nitrogens with zero attached hydrogens (tertiary/aromatic N) is 4. The number of aromatic amines is 2. The van der Waals surface area contributed by atoms with Crippen LogP contribution in [-0.4, -0.2) is 89.5 Å². The molecule has 15 heteroatoms. The maximum Gasteiger partial charge on any atom is 2.00 e. The van der Waals surface area contributed by atoms with E-state index in [1.165, 1.54) is 36.7 Å². The van der Waals surface area contributed by atoms with E-state index in [-0.39, 0.29) is 70.7 Å². The SMILES string of the molecule is [2H]C([2H])([2H])Oc1ccc2nc(S(=O)Cc3ncc(C)c(OC([2H])([2H])[2H])c3C)[nH]c2c1.[2H]C([2H])([2H])Oc1ccc2nc(S(=O)Cc3ncc(C)c(OC([2H])([2H])[2H])c3C)[nH]c2c1.[H-].[H-].[Mg+2]. The minimum absolute atomic E-state index is 0. The van der Waals surface area contributed by atoms with Gasteiger partial charge in [-0.05, 0) is 52.0 Å². The van der Waals surface area contributed by atoms with Crippen molar-refractivity contribution in [2.75, 3.05) is 28.2 Å². The van der Waals surface area contributed by atoms with Crippen molar-refractivity contribution in [3.05, 3.63) is 82.4 Å². The topological polar surface area (TPSA) is 154 Å². The summed E-state index contributed by atoms with van der Waals surface area (Å²) in [4.78, 5) is 22.9. The number of aryl methyl sites for hydroxylation is 2. The first kappa shape index (κ1) is 24.2. The summed E-state index contributed by atoms with van der Waals surface area (Å²) in [6, 6.07) is 8.98. The summed E-state index contributed by atoms with van der Waals surface area (Å²) in [7, 11) is -13.6. The number of pyridine rings is 2. The third-order valence-electron chi connectivity index (χ3n) is 7.36. The van der Waals surface area contributed by atoms with Gasteiger partial charge in [0, 0.05) is 46.8 Å². The quantitative estimate of drug-likeness (QED) is 0.169. The second kappa shape index (κ2) is 16.6. The Kier molecular flexibility index (Phi) is 8.17. The Morgan fingerprint density at radius 2 is 1.08 bits per heavy atom. The summed E-state index contributed by atoms with van der Waals surface area (Å²) in [5, 5.41) is 0.354. The molecule has 4 aromatic heterocycles. The molecular weight excluding hydrogens is 677 g/mol. The minimum atomic E-state index is -2.61. The number of benzene rings is 2. The van der Waals surface area contributed by atoms with Crippen LogP contribution in [0.15, 0.2) is 59.1 Å². The van der Waals surface area contributed by atoms with Crippen LogP contribution >= 0.6 is 0 Å². The van der Waals surface area contributed by atoms with E-state index in [1.54, 1.807) is 39.8 Å². The number of H-pyrrole nitrogens is 2. The van der Waals surface area contributed by atoms with Crippen LogP contribution in [0.1, 0.15) is 52.9 Å². The second-order valence-corrected chi connectivity index (χ2v) is 13.2. The first-order valence-electron chi connectivity index (χ1n) is 20.1. The van der Waals surface area contributed by atoms with Gasteiger partial charge in [-0.1, -0.05) is 0 Å². The molecule has 2 atom stereocenters. The fourth-order valence-corrected chi connectivity index (χ4v) is 6.98. The molecule has 0 amide bonds. The molecule has 0 saturated heterocycles. The van der Waals surface area contributed by atoms with Crippen LogP contribution in [-0.2, 0) is 33.1 Å². The predicted octanol–water partition coefficient (Wildman–Crippen LogP) is 5.64.